The molecule has 0 aliphatic heterocycles. The maximum absolute atomic E-state index is 12.6. The lowest BCUT2D eigenvalue weighted by atomic mass is 10.1. The molecule has 4 aromatic rings. The summed E-state index contributed by atoms with van der Waals surface area (Å²) in [7, 11) is 3.17. The number of amides is 1. The number of benzene rings is 3. The lowest BCUT2D eigenvalue weighted by Gasteiger charge is -2.11. The minimum atomic E-state index is -0.229. The zero-order chi connectivity index (χ0) is 20.4. The number of fused-ring (bicyclic) bond motifs is 1. The molecule has 1 N–H and O–H groups in total. The number of carbonyl (C=O) groups is 1. The molecular formula is C23H20N2O4. The highest BCUT2D eigenvalue weighted by atomic mass is 16.5. The topological polar surface area (TPSA) is 73.6 Å². The van der Waals surface area contributed by atoms with E-state index in [1.54, 1.807) is 20.3 Å². The van der Waals surface area contributed by atoms with Gasteiger partial charge in [-0.15, -0.1) is 0 Å². The molecule has 0 radical (unpaired) electrons. The second-order valence-corrected chi connectivity index (χ2v) is 6.54. The summed E-state index contributed by atoms with van der Waals surface area (Å²) in [6.07, 6.45) is 0. The van der Waals surface area contributed by atoms with Gasteiger partial charge in [0.15, 0.2) is 5.58 Å². The molecule has 3 aromatic carbocycles. The Labute approximate surface area is 168 Å². The van der Waals surface area contributed by atoms with E-state index in [2.05, 4.69) is 10.3 Å². The second kappa shape index (κ2) is 7.67. The van der Waals surface area contributed by atoms with Crippen LogP contribution in [0.3, 0.4) is 0 Å². The van der Waals surface area contributed by atoms with Gasteiger partial charge in [-0.05, 0) is 55.0 Å². The van der Waals surface area contributed by atoms with E-state index in [-0.39, 0.29) is 5.91 Å². The van der Waals surface area contributed by atoms with Crippen molar-refractivity contribution in [2.45, 2.75) is 6.92 Å². The number of oxazole rings is 1. The van der Waals surface area contributed by atoms with Gasteiger partial charge in [0.05, 0.1) is 19.8 Å². The van der Waals surface area contributed by atoms with Crippen molar-refractivity contribution in [2.24, 2.45) is 0 Å². The van der Waals surface area contributed by atoms with Gasteiger partial charge >= 0.3 is 0 Å². The zero-order valence-electron chi connectivity index (χ0n) is 16.4. The third kappa shape index (κ3) is 3.65. The van der Waals surface area contributed by atoms with Gasteiger partial charge in [0, 0.05) is 17.3 Å². The van der Waals surface area contributed by atoms with Crippen LogP contribution in [0.25, 0.3) is 22.6 Å². The number of hydrogen-bond acceptors (Lipinski definition) is 5. The van der Waals surface area contributed by atoms with Gasteiger partial charge < -0.3 is 19.2 Å². The number of para-hydroxylation sites is 1. The van der Waals surface area contributed by atoms with Crippen LogP contribution in [0.15, 0.2) is 65.1 Å². The maximum Gasteiger partial charge on any atom is 0.259 e. The van der Waals surface area contributed by atoms with Crippen molar-refractivity contribution < 1.29 is 18.7 Å². The van der Waals surface area contributed by atoms with Crippen molar-refractivity contribution in [3.63, 3.8) is 0 Å². The molecule has 0 saturated carbocycles. The lowest BCUT2D eigenvalue weighted by Crippen LogP contribution is -2.13. The fraction of sp³-hybridized carbons (Fsp3) is 0.130. The largest absolute Gasteiger partial charge is 0.497 e. The predicted octanol–water partition coefficient (Wildman–Crippen LogP) is 5.07. The second-order valence-electron chi connectivity index (χ2n) is 6.54. The van der Waals surface area contributed by atoms with Gasteiger partial charge in [-0.1, -0.05) is 12.1 Å². The zero-order valence-corrected chi connectivity index (χ0v) is 16.4. The number of anilines is 1. The normalized spacial score (nSPS) is 10.7. The molecule has 6 heteroatoms. The number of carbonyl (C=O) groups excluding carboxylic acids is 1. The fourth-order valence-electron chi connectivity index (χ4n) is 3.15. The van der Waals surface area contributed by atoms with Crippen molar-refractivity contribution >= 4 is 22.7 Å². The van der Waals surface area contributed by atoms with Crippen LogP contribution in [-0.2, 0) is 0 Å². The van der Waals surface area contributed by atoms with E-state index in [9.17, 15) is 4.79 Å². The highest BCUT2D eigenvalue weighted by molar-refractivity contribution is 6.06. The molecule has 0 aliphatic rings. The average molecular weight is 388 g/mol. The summed E-state index contributed by atoms with van der Waals surface area (Å²) >= 11 is 0. The Kier molecular flexibility index (Phi) is 4.91. The van der Waals surface area contributed by atoms with Gasteiger partial charge in [0.25, 0.3) is 5.91 Å². The molecule has 0 fully saturated rings. The van der Waals surface area contributed by atoms with E-state index in [0.717, 1.165) is 22.4 Å². The summed E-state index contributed by atoms with van der Waals surface area (Å²) in [5.41, 5.74) is 4.28. The summed E-state index contributed by atoms with van der Waals surface area (Å²) in [6, 6.07) is 18.3. The van der Waals surface area contributed by atoms with Crippen LogP contribution < -0.4 is 14.8 Å². The number of hydrogen-bond donors (Lipinski definition) is 1. The van der Waals surface area contributed by atoms with Crippen molar-refractivity contribution in [1.82, 2.24) is 4.98 Å². The summed E-state index contributed by atoms with van der Waals surface area (Å²) in [4.78, 5) is 17.2. The first kappa shape index (κ1) is 18.6. The number of aromatic nitrogens is 1. The minimum absolute atomic E-state index is 0.229. The Morgan fingerprint density at radius 1 is 1.00 bits per heavy atom. The fourth-order valence-corrected chi connectivity index (χ4v) is 3.15. The molecule has 29 heavy (non-hydrogen) atoms. The average Bonchev–Trinajstić information content (AvgIpc) is 3.17. The van der Waals surface area contributed by atoms with Crippen molar-refractivity contribution in [3.05, 3.63) is 71.8 Å². The number of methoxy groups -OCH3 is 2. The Morgan fingerprint density at radius 2 is 1.79 bits per heavy atom. The van der Waals surface area contributed by atoms with Crippen molar-refractivity contribution in [3.8, 4) is 23.0 Å². The number of nitrogens with zero attached hydrogens (tertiary/aromatic N) is 1. The van der Waals surface area contributed by atoms with Crippen LogP contribution in [0.4, 0.5) is 5.69 Å². The van der Waals surface area contributed by atoms with Crippen LogP contribution in [-0.4, -0.2) is 25.1 Å². The Morgan fingerprint density at radius 3 is 2.52 bits per heavy atom. The molecule has 4 rings (SSSR count). The minimum Gasteiger partial charge on any atom is -0.497 e. The van der Waals surface area contributed by atoms with Crippen LogP contribution in [0.5, 0.6) is 11.5 Å². The van der Waals surface area contributed by atoms with Gasteiger partial charge in [-0.3, -0.25) is 4.79 Å². The predicted molar refractivity (Wildman–Crippen MR) is 112 cm³/mol. The smallest absolute Gasteiger partial charge is 0.259 e. The highest BCUT2D eigenvalue weighted by Gasteiger charge is 2.15. The molecule has 0 atom stereocenters. The van der Waals surface area contributed by atoms with E-state index in [1.165, 1.54) is 0 Å². The molecular weight excluding hydrogens is 368 g/mol. The number of ether oxygens (including phenoxy) is 2. The number of nitrogens with one attached hydrogen (secondary N) is 1. The monoisotopic (exact) mass is 388 g/mol. The van der Waals surface area contributed by atoms with Crippen molar-refractivity contribution in [1.29, 1.82) is 0 Å². The van der Waals surface area contributed by atoms with E-state index in [4.69, 9.17) is 13.9 Å². The lowest BCUT2D eigenvalue weighted by molar-refractivity contribution is 0.102. The van der Waals surface area contributed by atoms with Crippen LogP contribution in [0.2, 0.25) is 0 Å². The van der Waals surface area contributed by atoms with Crippen LogP contribution >= 0.6 is 0 Å². The molecule has 0 spiro atoms. The van der Waals surface area contributed by atoms with Gasteiger partial charge in [-0.2, -0.15) is 0 Å². The maximum atomic E-state index is 12.6. The molecule has 1 aromatic heterocycles. The Balaban J connectivity index is 1.55. The third-order valence-electron chi connectivity index (χ3n) is 4.65. The number of aryl methyl sites for hydroxylation is 1. The van der Waals surface area contributed by atoms with Crippen molar-refractivity contribution in [2.75, 3.05) is 19.5 Å². The molecule has 6 nitrogen and oxygen atoms in total. The van der Waals surface area contributed by atoms with E-state index < -0.39 is 0 Å². The summed E-state index contributed by atoms with van der Waals surface area (Å²) < 4.78 is 16.4. The quantitative estimate of drug-likeness (QED) is 0.516. The van der Waals surface area contributed by atoms with Crippen LogP contribution in [0, 0.1) is 6.92 Å². The Hall–Kier alpha value is -3.80. The highest BCUT2D eigenvalue weighted by Crippen LogP contribution is 2.28. The summed E-state index contributed by atoms with van der Waals surface area (Å²) in [5, 5.41) is 2.89. The molecule has 1 heterocycles. The first-order valence-electron chi connectivity index (χ1n) is 9.09. The first-order chi connectivity index (χ1) is 14.1. The molecule has 0 unspecified atom stereocenters. The molecule has 0 aliphatic carbocycles. The van der Waals surface area contributed by atoms with Gasteiger partial charge in [0.2, 0.25) is 5.89 Å². The summed E-state index contributed by atoms with van der Waals surface area (Å²) in [6.45, 7) is 1.90. The van der Waals surface area contributed by atoms with E-state index in [0.29, 0.717) is 28.5 Å². The standard InChI is InChI=1S/C23H20N2O4/c1-14-5-4-6-18(21(14)28-3)22(26)24-16-9-7-15(8-10-16)23-25-19-13-17(27-2)11-12-20(19)29-23/h4-13H,1-3H3,(H,24,26). The molecule has 146 valence electrons. The SMILES string of the molecule is COc1ccc2oc(-c3ccc(NC(=O)c4cccc(C)c4OC)cc3)nc2c1. The third-order valence-corrected chi connectivity index (χ3v) is 4.65. The van der Waals surface area contributed by atoms with E-state index >= 15 is 0 Å². The van der Waals surface area contributed by atoms with Gasteiger partial charge in [0.1, 0.15) is 17.0 Å². The Bertz CT molecular complexity index is 1180. The number of rotatable bonds is 5. The molecule has 0 saturated heterocycles. The van der Waals surface area contributed by atoms with E-state index in [1.807, 2.05) is 61.5 Å². The molecule has 0 bridgehead atoms. The first-order valence-corrected chi connectivity index (χ1v) is 9.09. The van der Waals surface area contributed by atoms with Gasteiger partial charge in [-0.25, -0.2) is 4.98 Å². The van der Waals surface area contributed by atoms with Crippen LogP contribution in [0.1, 0.15) is 15.9 Å². The summed E-state index contributed by atoms with van der Waals surface area (Å²) in [5.74, 6) is 1.57. The molecule has 1 amide bonds.